The molecule has 1 atom stereocenters. The van der Waals surface area contributed by atoms with E-state index in [1.807, 2.05) is 0 Å². The Bertz CT molecular complexity index is 530. The zero-order chi connectivity index (χ0) is 15.6. The molecular formula is C14H15F4NO2. The van der Waals surface area contributed by atoms with E-state index in [9.17, 15) is 27.5 Å². The molecule has 1 unspecified atom stereocenters. The molecule has 3 nitrogen and oxygen atoms in total. The first-order valence-electron chi connectivity index (χ1n) is 6.63. The summed E-state index contributed by atoms with van der Waals surface area (Å²) in [7, 11) is 0. The molecule has 0 radical (unpaired) electrons. The lowest BCUT2D eigenvalue weighted by molar-refractivity contribution is -0.140. The third-order valence-electron chi connectivity index (χ3n) is 3.63. The topological polar surface area (TPSA) is 40.5 Å². The van der Waals surface area contributed by atoms with Gasteiger partial charge in [0.05, 0.1) is 23.8 Å². The first-order valence-corrected chi connectivity index (χ1v) is 6.63. The highest BCUT2D eigenvalue weighted by Crippen LogP contribution is 2.33. The molecule has 1 aliphatic rings. The van der Waals surface area contributed by atoms with E-state index in [0.717, 1.165) is 18.6 Å². The third-order valence-corrected chi connectivity index (χ3v) is 3.63. The number of halogens is 4. The molecule has 1 fully saturated rings. The number of hydrogen-bond acceptors (Lipinski definition) is 2. The van der Waals surface area contributed by atoms with Crippen molar-refractivity contribution in [3.05, 3.63) is 35.1 Å². The van der Waals surface area contributed by atoms with Crippen molar-refractivity contribution in [3.63, 3.8) is 0 Å². The Balaban J connectivity index is 2.35. The van der Waals surface area contributed by atoms with Crippen molar-refractivity contribution >= 4 is 5.91 Å². The van der Waals surface area contributed by atoms with E-state index in [-0.39, 0.29) is 6.61 Å². The fraction of sp³-hybridized carbons (Fsp3) is 0.500. The number of aliphatic hydroxyl groups excluding tert-OH is 1. The number of likely N-dealkylation sites (tertiary alicyclic amines) is 1. The van der Waals surface area contributed by atoms with Gasteiger partial charge in [-0.05, 0) is 31.4 Å². The molecule has 1 heterocycles. The molecule has 1 N–H and O–H groups in total. The predicted molar refractivity (Wildman–Crippen MR) is 67.2 cm³/mol. The molecule has 1 aliphatic heterocycles. The molecule has 7 heteroatoms. The summed E-state index contributed by atoms with van der Waals surface area (Å²) in [6, 6.07) is 2.18. The van der Waals surface area contributed by atoms with Gasteiger partial charge >= 0.3 is 6.18 Å². The van der Waals surface area contributed by atoms with Crippen molar-refractivity contribution in [2.45, 2.75) is 31.5 Å². The molecular weight excluding hydrogens is 290 g/mol. The van der Waals surface area contributed by atoms with Crippen LogP contribution in [-0.4, -0.2) is 35.1 Å². The molecule has 1 aromatic rings. The minimum Gasteiger partial charge on any atom is -0.394 e. The lowest BCUT2D eigenvalue weighted by atomic mass is 10.0. The van der Waals surface area contributed by atoms with Gasteiger partial charge in [-0.2, -0.15) is 13.2 Å². The first-order chi connectivity index (χ1) is 9.86. The smallest absolute Gasteiger partial charge is 0.394 e. The molecule has 0 aromatic heterocycles. The fourth-order valence-electron chi connectivity index (χ4n) is 2.53. The van der Waals surface area contributed by atoms with Crippen LogP contribution in [0.4, 0.5) is 17.6 Å². The predicted octanol–water partition coefficient (Wildman–Crippen LogP) is 2.83. The van der Waals surface area contributed by atoms with Gasteiger partial charge in [-0.3, -0.25) is 4.79 Å². The van der Waals surface area contributed by atoms with Crippen LogP contribution in [0.15, 0.2) is 18.2 Å². The zero-order valence-electron chi connectivity index (χ0n) is 11.2. The maximum atomic E-state index is 14.0. The van der Waals surface area contributed by atoms with E-state index >= 15 is 0 Å². The van der Waals surface area contributed by atoms with Gasteiger partial charge in [0.25, 0.3) is 5.91 Å². The number of rotatable bonds is 2. The summed E-state index contributed by atoms with van der Waals surface area (Å²) in [5, 5.41) is 9.24. The largest absolute Gasteiger partial charge is 0.419 e. The molecule has 21 heavy (non-hydrogen) atoms. The van der Waals surface area contributed by atoms with Gasteiger partial charge in [-0.15, -0.1) is 0 Å². The van der Waals surface area contributed by atoms with E-state index in [0.29, 0.717) is 25.5 Å². The summed E-state index contributed by atoms with van der Waals surface area (Å²) in [5.74, 6) is -2.37. The van der Waals surface area contributed by atoms with Crippen LogP contribution in [0.2, 0.25) is 0 Å². The standard InChI is InChI=1S/C14H15F4NO2/c15-12-10(5-3-6-11(12)14(16,17)18)13(21)19-7-2-1-4-9(19)8-20/h3,5-6,9,20H,1-2,4,7-8H2. The fourth-order valence-corrected chi connectivity index (χ4v) is 2.53. The Morgan fingerprint density at radius 1 is 1.33 bits per heavy atom. The molecule has 0 saturated carbocycles. The van der Waals surface area contributed by atoms with Crippen LogP contribution in [0.1, 0.15) is 35.2 Å². The Morgan fingerprint density at radius 2 is 2.05 bits per heavy atom. The van der Waals surface area contributed by atoms with Crippen LogP contribution >= 0.6 is 0 Å². The molecule has 116 valence electrons. The minimum absolute atomic E-state index is 0.285. The van der Waals surface area contributed by atoms with Crippen LogP contribution in [0.3, 0.4) is 0 Å². The normalized spacial score (nSPS) is 19.7. The highest BCUT2D eigenvalue weighted by atomic mass is 19.4. The van der Waals surface area contributed by atoms with Crippen LogP contribution < -0.4 is 0 Å². The lowest BCUT2D eigenvalue weighted by Crippen LogP contribution is -2.46. The van der Waals surface area contributed by atoms with Crippen LogP contribution in [0, 0.1) is 5.82 Å². The van der Waals surface area contributed by atoms with Gasteiger partial charge in [0.15, 0.2) is 0 Å². The maximum absolute atomic E-state index is 14.0. The molecule has 0 bridgehead atoms. The number of alkyl halides is 3. The number of aliphatic hydroxyl groups is 1. The highest BCUT2D eigenvalue weighted by Gasteiger charge is 2.37. The van der Waals surface area contributed by atoms with Crippen molar-refractivity contribution in [1.29, 1.82) is 0 Å². The molecule has 2 rings (SSSR count). The number of carbonyl (C=O) groups excluding carboxylic acids is 1. The molecule has 0 aliphatic carbocycles. The summed E-state index contributed by atoms with van der Waals surface area (Å²) in [6.07, 6.45) is -2.79. The van der Waals surface area contributed by atoms with Gasteiger partial charge in [0, 0.05) is 6.54 Å². The number of amides is 1. The van der Waals surface area contributed by atoms with E-state index in [1.165, 1.54) is 4.90 Å². The van der Waals surface area contributed by atoms with Gasteiger partial charge in [-0.25, -0.2) is 4.39 Å². The molecule has 0 spiro atoms. The number of benzene rings is 1. The van der Waals surface area contributed by atoms with Crippen molar-refractivity contribution in [2.24, 2.45) is 0 Å². The lowest BCUT2D eigenvalue weighted by Gasteiger charge is -2.34. The summed E-state index contributed by atoms with van der Waals surface area (Å²) < 4.78 is 52.0. The van der Waals surface area contributed by atoms with Gasteiger partial charge in [0.1, 0.15) is 5.82 Å². The number of hydrogen-bond donors (Lipinski definition) is 1. The second kappa shape index (κ2) is 6.01. The van der Waals surface area contributed by atoms with Crippen LogP contribution in [-0.2, 0) is 6.18 Å². The zero-order valence-corrected chi connectivity index (χ0v) is 11.2. The van der Waals surface area contributed by atoms with Crippen molar-refractivity contribution < 1.29 is 27.5 Å². The maximum Gasteiger partial charge on any atom is 0.419 e. The average Bonchev–Trinajstić information content (AvgIpc) is 2.45. The van der Waals surface area contributed by atoms with Crippen molar-refractivity contribution in [2.75, 3.05) is 13.2 Å². The molecule has 1 amide bonds. The Labute approximate surface area is 119 Å². The van der Waals surface area contributed by atoms with E-state index in [2.05, 4.69) is 0 Å². The highest BCUT2D eigenvalue weighted by molar-refractivity contribution is 5.95. The van der Waals surface area contributed by atoms with Gasteiger partial charge in [0.2, 0.25) is 0 Å². The summed E-state index contributed by atoms with van der Waals surface area (Å²) >= 11 is 0. The first kappa shape index (κ1) is 15.8. The van der Waals surface area contributed by atoms with Gasteiger partial charge < -0.3 is 10.0 Å². The van der Waals surface area contributed by atoms with E-state index in [1.54, 1.807) is 0 Å². The number of nitrogens with zero attached hydrogens (tertiary/aromatic N) is 1. The Hall–Kier alpha value is -1.63. The summed E-state index contributed by atoms with van der Waals surface area (Å²) in [5.41, 5.74) is -2.06. The van der Waals surface area contributed by atoms with Crippen LogP contribution in [0.5, 0.6) is 0 Å². The summed E-state index contributed by atoms with van der Waals surface area (Å²) in [4.78, 5) is 13.5. The second-order valence-electron chi connectivity index (χ2n) is 5.00. The molecule has 1 aromatic carbocycles. The second-order valence-corrected chi connectivity index (χ2v) is 5.00. The van der Waals surface area contributed by atoms with E-state index < -0.39 is 35.1 Å². The van der Waals surface area contributed by atoms with Crippen LogP contribution in [0.25, 0.3) is 0 Å². The minimum atomic E-state index is -4.85. The van der Waals surface area contributed by atoms with Crippen molar-refractivity contribution in [3.8, 4) is 0 Å². The van der Waals surface area contributed by atoms with Crippen molar-refractivity contribution in [1.82, 2.24) is 4.90 Å². The average molecular weight is 305 g/mol. The quantitative estimate of drug-likeness (QED) is 0.854. The molecule has 1 saturated heterocycles. The Kier molecular flexibility index (Phi) is 4.51. The number of carbonyl (C=O) groups is 1. The summed E-state index contributed by atoms with van der Waals surface area (Å²) in [6.45, 7) is 0.0199. The van der Waals surface area contributed by atoms with E-state index in [4.69, 9.17) is 0 Å². The third kappa shape index (κ3) is 3.18. The monoisotopic (exact) mass is 305 g/mol. The Morgan fingerprint density at radius 3 is 2.67 bits per heavy atom. The SMILES string of the molecule is O=C(c1cccc(C(F)(F)F)c1F)N1CCCCC1CO. The number of piperidine rings is 1. The van der Waals surface area contributed by atoms with Gasteiger partial charge in [-0.1, -0.05) is 6.07 Å².